The second kappa shape index (κ2) is 3.90. The molecule has 0 N–H and O–H groups in total. The first-order chi connectivity index (χ1) is 6.75. The molecule has 0 aliphatic rings. The number of benzene rings is 1. The molecule has 2 aromatic rings. The van der Waals surface area contributed by atoms with Crippen LogP contribution in [0.2, 0.25) is 10.0 Å². The summed E-state index contributed by atoms with van der Waals surface area (Å²) in [6, 6.07) is 4.87. The van der Waals surface area contributed by atoms with Crippen molar-refractivity contribution in [2.45, 2.75) is 0 Å². The van der Waals surface area contributed by atoms with Crippen molar-refractivity contribution in [1.82, 2.24) is 4.98 Å². The fraction of sp³-hybridized carbons (Fsp3) is 0. The molecule has 1 aromatic heterocycles. The average Bonchev–Trinajstić information content (AvgIpc) is 2.64. The van der Waals surface area contributed by atoms with Crippen LogP contribution in [0.4, 0.5) is 0 Å². The zero-order valence-corrected chi connectivity index (χ0v) is 8.34. The molecule has 0 saturated heterocycles. The van der Waals surface area contributed by atoms with E-state index in [1.807, 2.05) is 0 Å². The highest BCUT2D eigenvalue weighted by Crippen LogP contribution is 2.28. The lowest BCUT2D eigenvalue weighted by Crippen LogP contribution is -1.83. The topological polar surface area (TPSA) is 35.3 Å². The van der Waals surface area contributed by atoms with Crippen LogP contribution < -0.4 is 4.74 Å². The van der Waals surface area contributed by atoms with Gasteiger partial charge in [0.15, 0.2) is 6.26 Å². The van der Waals surface area contributed by atoms with Crippen molar-refractivity contribution in [2.24, 2.45) is 0 Å². The van der Waals surface area contributed by atoms with Gasteiger partial charge in [-0.05, 0) is 12.1 Å². The molecule has 2 rings (SSSR count). The van der Waals surface area contributed by atoms with Crippen LogP contribution in [0.25, 0.3) is 0 Å². The molecule has 3 nitrogen and oxygen atoms in total. The van der Waals surface area contributed by atoms with E-state index in [-0.39, 0.29) is 6.08 Å². The van der Waals surface area contributed by atoms with E-state index >= 15 is 0 Å². The highest BCUT2D eigenvalue weighted by atomic mass is 35.5. The molecular formula is C9H4Cl2NO2. The Hall–Kier alpha value is -1.19. The Morgan fingerprint density at radius 2 is 2.14 bits per heavy atom. The largest absolute Gasteiger partial charge is 0.411 e. The summed E-state index contributed by atoms with van der Waals surface area (Å²) < 4.78 is 9.98. The number of ether oxygens (including phenoxy) is 1. The molecule has 1 radical (unpaired) electrons. The summed E-state index contributed by atoms with van der Waals surface area (Å²) in [6.07, 6.45) is 3.89. The number of oxazole rings is 1. The van der Waals surface area contributed by atoms with E-state index in [0.29, 0.717) is 15.8 Å². The van der Waals surface area contributed by atoms with Crippen molar-refractivity contribution in [1.29, 1.82) is 0 Å². The van der Waals surface area contributed by atoms with Crippen LogP contribution in [-0.2, 0) is 0 Å². The van der Waals surface area contributed by atoms with E-state index in [4.69, 9.17) is 32.4 Å². The average molecular weight is 229 g/mol. The summed E-state index contributed by atoms with van der Waals surface area (Å²) >= 11 is 11.5. The molecule has 5 heteroatoms. The zero-order chi connectivity index (χ0) is 9.97. The molecule has 71 valence electrons. The maximum Gasteiger partial charge on any atom is 0.399 e. The third-order valence-corrected chi connectivity index (χ3v) is 2.20. The van der Waals surface area contributed by atoms with Crippen LogP contribution in [0.3, 0.4) is 0 Å². The van der Waals surface area contributed by atoms with Crippen LogP contribution in [-0.4, -0.2) is 4.98 Å². The second-order valence-electron chi connectivity index (χ2n) is 2.42. The molecule has 1 heterocycles. The lowest BCUT2D eigenvalue weighted by molar-refractivity contribution is 0.328. The molecule has 0 spiro atoms. The Kier molecular flexibility index (Phi) is 2.61. The molecule has 0 atom stereocenters. The lowest BCUT2D eigenvalue weighted by atomic mass is 10.3. The quantitative estimate of drug-likeness (QED) is 0.789. The van der Waals surface area contributed by atoms with Crippen LogP contribution >= 0.6 is 23.2 Å². The summed E-state index contributed by atoms with van der Waals surface area (Å²) in [5, 5.41) is 0.887. The summed E-state index contributed by atoms with van der Waals surface area (Å²) in [5.41, 5.74) is 0. The Morgan fingerprint density at radius 1 is 1.29 bits per heavy atom. The van der Waals surface area contributed by atoms with Crippen molar-refractivity contribution in [3.63, 3.8) is 0 Å². The Morgan fingerprint density at radius 3 is 2.79 bits per heavy atom. The van der Waals surface area contributed by atoms with Gasteiger partial charge in [-0.2, -0.15) is 4.98 Å². The minimum Gasteiger partial charge on any atom is -0.411 e. The van der Waals surface area contributed by atoms with Crippen molar-refractivity contribution >= 4 is 23.2 Å². The highest BCUT2D eigenvalue weighted by Gasteiger charge is 2.03. The van der Waals surface area contributed by atoms with E-state index in [0.717, 1.165) is 0 Å². The van der Waals surface area contributed by atoms with Gasteiger partial charge in [-0.3, -0.25) is 0 Å². The predicted molar refractivity (Wildman–Crippen MR) is 51.9 cm³/mol. The minimum absolute atomic E-state index is 0.114. The predicted octanol–water partition coefficient (Wildman–Crippen LogP) is 3.57. The van der Waals surface area contributed by atoms with Gasteiger partial charge in [0.1, 0.15) is 5.75 Å². The van der Waals surface area contributed by atoms with Gasteiger partial charge < -0.3 is 9.15 Å². The fourth-order valence-corrected chi connectivity index (χ4v) is 1.16. The summed E-state index contributed by atoms with van der Waals surface area (Å²) in [6.45, 7) is 0. The Bertz CT molecular complexity index is 428. The maximum absolute atomic E-state index is 5.78. The molecule has 0 bridgehead atoms. The number of aromatic nitrogens is 1. The molecule has 0 aliphatic carbocycles. The smallest absolute Gasteiger partial charge is 0.399 e. The van der Waals surface area contributed by atoms with Crippen molar-refractivity contribution < 1.29 is 9.15 Å². The molecule has 14 heavy (non-hydrogen) atoms. The SMILES string of the molecule is Clc1ccc(Oc2nc[c]o2)cc1Cl. The van der Waals surface area contributed by atoms with Gasteiger partial charge in [0.25, 0.3) is 0 Å². The second-order valence-corrected chi connectivity index (χ2v) is 3.24. The number of halogens is 2. The van der Waals surface area contributed by atoms with Gasteiger partial charge in [-0.15, -0.1) is 0 Å². The van der Waals surface area contributed by atoms with Crippen LogP contribution in [0.5, 0.6) is 11.8 Å². The van der Waals surface area contributed by atoms with E-state index < -0.39 is 0 Å². The first-order valence-electron chi connectivity index (χ1n) is 3.70. The van der Waals surface area contributed by atoms with Gasteiger partial charge in [-0.1, -0.05) is 23.2 Å². The number of hydrogen-bond acceptors (Lipinski definition) is 3. The number of nitrogens with zero attached hydrogens (tertiary/aromatic N) is 1. The van der Waals surface area contributed by atoms with Crippen LogP contribution in [0.1, 0.15) is 0 Å². The molecule has 1 aromatic carbocycles. The van der Waals surface area contributed by atoms with E-state index in [1.54, 1.807) is 18.2 Å². The fourth-order valence-electron chi connectivity index (χ4n) is 0.871. The molecular weight excluding hydrogens is 225 g/mol. The van der Waals surface area contributed by atoms with Crippen molar-refractivity contribution in [3.8, 4) is 11.8 Å². The van der Waals surface area contributed by atoms with Gasteiger partial charge >= 0.3 is 6.08 Å². The maximum atomic E-state index is 5.78. The number of rotatable bonds is 2. The van der Waals surface area contributed by atoms with E-state index in [1.165, 1.54) is 6.20 Å². The summed E-state index contributed by atoms with van der Waals surface area (Å²) in [4.78, 5) is 3.74. The van der Waals surface area contributed by atoms with E-state index in [2.05, 4.69) is 11.2 Å². The Labute approximate surface area is 90.2 Å². The van der Waals surface area contributed by atoms with Crippen molar-refractivity contribution in [2.75, 3.05) is 0 Å². The molecule has 0 saturated carbocycles. The lowest BCUT2D eigenvalue weighted by Gasteiger charge is -2.01. The van der Waals surface area contributed by atoms with Crippen molar-refractivity contribution in [3.05, 3.63) is 40.7 Å². The molecule has 0 fully saturated rings. The molecule has 0 amide bonds. The standard InChI is InChI=1S/C9H4Cl2NO2/c10-7-2-1-6(5-8(7)11)14-9-12-3-4-13-9/h1-3,5H. The molecule has 0 aliphatic heterocycles. The monoisotopic (exact) mass is 228 g/mol. The summed E-state index contributed by atoms with van der Waals surface area (Å²) in [7, 11) is 0. The third-order valence-electron chi connectivity index (χ3n) is 1.47. The van der Waals surface area contributed by atoms with Gasteiger partial charge in [0, 0.05) is 6.07 Å². The summed E-state index contributed by atoms with van der Waals surface area (Å²) in [5.74, 6) is 0.509. The van der Waals surface area contributed by atoms with Gasteiger partial charge in [-0.25, -0.2) is 0 Å². The minimum atomic E-state index is 0.114. The third kappa shape index (κ3) is 2.00. The van der Waals surface area contributed by atoms with Crippen LogP contribution in [0.15, 0.2) is 28.8 Å². The number of hydrogen-bond donors (Lipinski definition) is 0. The van der Waals surface area contributed by atoms with Gasteiger partial charge in [0.05, 0.1) is 16.2 Å². The first kappa shape index (κ1) is 9.37. The Balaban J connectivity index is 2.22. The van der Waals surface area contributed by atoms with E-state index in [9.17, 15) is 0 Å². The highest BCUT2D eigenvalue weighted by molar-refractivity contribution is 6.42. The normalized spacial score (nSPS) is 10.1. The van der Waals surface area contributed by atoms with Crippen LogP contribution in [0, 0.1) is 6.26 Å². The van der Waals surface area contributed by atoms with Gasteiger partial charge in [0.2, 0.25) is 0 Å². The zero-order valence-electron chi connectivity index (χ0n) is 6.83. The first-order valence-corrected chi connectivity index (χ1v) is 4.46. The molecule has 0 unspecified atom stereocenters.